The molecule has 3 unspecified atom stereocenters. The molecule has 2 heteroatoms. The second-order valence-electron chi connectivity index (χ2n) is 5.30. The van der Waals surface area contributed by atoms with Crippen LogP contribution in [0.25, 0.3) is 0 Å². The number of nitrogens with zero attached hydrogens (tertiary/aromatic N) is 1. The quantitative estimate of drug-likeness (QED) is 0.695. The molecule has 2 N–H and O–H groups in total. The van der Waals surface area contributed by atoms with E-state index >= 15 is 0 Å². The summed E-state index contributed by atoms with van der Waals surface area (Å²) in [6.45, 7) is 5.03. The van der Waals surface area contributed by atoms with Crippen LogP contribution >= 0.6 is 0 Å². The van der Waals surface area contributed by atoms with Crippen molar-refractivity contribution >= 4 is 0 Å². The monoisotopic (exact) mass is 196 g/mol. The van der Waals surface area contributed by atoms with Gasteiger partial charge in [-0.3, -0.25) is 0 Å². The maximum atomic E-state index is 5.97. The van der Waals surface area contributed by atoms with Crippen molar-refractivity contribution in [2.24, 2.45) is 11.7 Å². The zero-order valence-electron chi connectivity index (χ0n) is 9.41. The van der Waals surface area contributed by atoms with Gasteiger partial charge in [-0.2, -0.15) is 0 Å². The first-order valence-electron chi connectivity index (χ1n) is 6.25. The van der Waals surface area contributed by atoms with Crippen LogP contribution in [0.15, 0.2) is 0 Å². The summed E-state index contributed by atoms with van der Waals surface area (Å²) in [5.41, 5.74) is 5.97. The lowest BCUT2D eigenvalue weighted by molar-refractivity contribution is 0.203. The van der Waals surface area contributed by atoms with Gasteiger partial charge in [0.05, 0.1) is 0 Å². The van der Waals surface area contributed by atoms with Gasteiger partial charge in [-0.1, -0.05) is 6.92 Å². The lowest BCUT2D eigenvalue weighted by Gasteiger charge is -2.27. The van der Waals surface area contributed by atoms with E-state index in [4.69, 9.17) is 5.73 Å². The summed E-state index contributed by atoms with van der Waals surface area (Å²) < 4.78 is 0. The minimum Gasteiger partial charge on any atom is -0.328 e. The molecule has 0 amide bonds. The van der Waals surface area contributed by atoms with Crippen molar-refractivity contribution in [1.29, 1.82) is 0 Å². The molecule has 3 atom stereocenters. The molecular weight excluding hydrogens is 172 g/mol. The second kappa shape index (κ2) is 4.63. The molecule has 1 aliphatic heterocycles. The molecule has 0 bridgehead atoms. The lowest BCUT2D eigenvalue weighted by Crippen LogP contribution is -2.35. The number of rotatable bonds is 1. The maximum Gasteiger partial charge on any atom is 0.0111 e. The van der Waals surface area contributed by atoms with Crippen LogP contribution in [-0.4, -0.2) is 30.1 Å². The van der Waals surface area contributed by atoms with Gasteiger partial charge in [0.1, 0.15) is 0 Å². The van der Waals surface area contributed by atoms with Gasteiger partial charge >= 0.3 is 0 Å². The first kappa shape index (κ1) is 10.4. The Hall–Kier alpha value is -0.0800. The van der Waals surface area contributed by atoms with Gasteiger partial charge in [0.15, 0.2) is 0 Å². The van der Waals surface area contributed by atoms with Crippen molar-refractivity contribution in [2.75, 3.05) is 13.1 Å². The van der Waals surface area contributed by atoms with Gasteiger partial charge in [0, 0.05) is 12.1 Å². The summed E-state index contributed by atoms with van der Waals surface area (Å²) in [6, 6.07) is 1.30. The standard InChI is InChI=1S/C12H24N2/c1-10-3-2-7-14(8-6-10)12-5-4-11(13)9-12/h10-12H,2-9,13H2,1H3. The summed E-state index contributed by atoms with van der Waals surface area (Å²) in [6.07, 6.45) is 8.05. The van der Waals surface area contributed by atoms with Crippen LogP contribution in [-0.2, 0) is 0 Å². The summed E-state index contributed by atoms with van der Waals surface area (Å²) in [4.78, 5) is 2.70. The minimum absolute atomic E-state index is 0.487. The van der Waals surface area contributed by atoms with E-state index in [1.54, 1.807) is 0 Å². The fraction of sp³-hybridized carbons (Fsp3) is 1.00. The first-order valence-corrected chi connectivity index (χ1v) is 6.25. The van der Waals surface area contributed by atoms with E-state index < -0.39 is 0 Å². The van der Waals surface area contributed by atoms with Crippen LogP contribution in [0.3, 0.4) is 0 Å². The number of likely N-dealkylation sites (tertiary alicyclic amines) is 1. The molecule has 0 aromatic rings. The fourth-order valence-corrected chi connectivity index (χ4v) is 2.97. The SMILES string of the molecule is CC1CCCN(C2CCC(N)C2)CC1. The largest absolute Gasteiger partial charge is 0.328 e. The summed E-state index contributed by atoms with van der Waals surface area (Å²) in [5, 5.41) is 0. The van der Waals surface area contributed by atoms with Crippen LogP contribution < -0.4 is 5.73 Å². The van der Waals surface area contributed by atoms with Crippen molar-refractivity contribution < 1.29 is 0 Å². The molecule has 2 rings (SSSR count). The van der Waals surface area contributed by atoms with Crippen molar-refractivity contribution in [3.63, 3.8) is 0 Å². The predicted molar refractivity (Wildman–Crippen MR) is 60.2 cm³/mol. The summed E-state index contributed by atoms with van der Waals surface area (Å²) >= 11 is 0. The third-order valence-electron chi connectivity index (χ3n) is 4.01. The molecule has 1 saturated carbocycles. The molecule has 2 nitrogen and oxygen atoms in total. The molecule has 14 heavy (non-hydrogen) atoms. The van der Waals surface area contributed by atoms with Crippen LogP contribution in [0.5, 0.6) is 0 Å². The van der Waals surface area contributed by atoms with Crippen LogP contribution in [0.1, 0.15) is 45.4 Å². The lowest BCUT2D eigenvalue weighted by atomic mass is 10.0. The molecule has 0 spiro atoms. The van der Waals surface area contributed by atoms with E-state index in [0.717, 1.165) is 12.0 Å². The predicted octanol–water partition coefficient (Wildman–Crippen LogP) is 1.99. The highest BCUT2D eigenvalue weighted by atomic mass is 15.2. The zero-order chi connectivity index (χ0) is 9.97. The highest BCUT2D eigenvalue weighted by Gasteiger charge is 2.27. The highest BCUT2D eigenvalue weighted by molar-refractivity contribution is 4.85. The molecular formula is C12H24N2. The Morgan fingerprint density at radius 2 is 1.93 bits per heavy atom. The van der Waals surface area contributed by atoms with Crippen molar-refractivity contribution in [3.05, 3.63) is 0 Å². The minimum atomic E-state index is 0.487. The van der Waals surface area contributed by atoms with E-state index in [9.17, 15) is 0 Å². The van der Waals surface area contributed by atoms with Gasteiger partial charge in [0.25, 0.3) is 0 Å². The molecule has 1 saturated heterocycles. The van der Waals surface area contributed by atoms with E-state index in [0.29, 0.717) is 6.04 Å². The van der Waals surface area contributed by atoms with E-state index in [2.05, 4.69) is 11.8 Å². The van der Waals surface area contributed by atoms with Crippen molar-refractivity contribution in [2.45, 2.75) is 57.5 Å². The van der Waals surface area contributed by atoms with E-state index in [-0.39, 0.29) is 0 Å². The molecule has 0 radical (unpaired) electrons. The Bertz CT molecular complexity index is 181. The Morgan fingerprint density at radius 1 is 1.07 bits per heavy atom. The normalized spacial score (nSPS) is 41.1. The second-order valence-corrected chi connectivity index (χ2v) is 5.30. The van der Waals surface area contributed by atoms with Gasteiger partial charge in [-0.25, -0.2) is 0 Å². The van der Waals surface area contributed by atoms with Crippen LogP contribution in [0.2, 0.25) is 0 Å². The smallest absolute Gasteiger partial charge is 0.0111 e. The fourth-order valence-electron chi connectivity index (χ4n) is 2.97. The Labute approximate surface area is 87.8 Å². The van der Waals surface area contributed by atoms with Gasteiger partial charge in [0.2, 0.25) is 0 Å². The van der Waals surface area contributed by atoms with Gasteiger partial charge in [-0.15, -0.1) is 0 Å². The maximum absolute atomic E-state index is 5.97. The number of hydrogen-bond acceptors (Lipinski definition) is 2. The average molecular weight is 196 g/mol. The summed E-state index contributed by atoms with van der Waals surface area (Å²) in [7, 11) is 0. The van der Waals surface area contributed by atoms with Gasteiger partial charge < -0.3 is 10.6 Å². The molecule has 0 aromatic carbocycles. The molecule has 82 valence electrons. The zero-order valence-corrected chi connectivity index (χ0v) is 9.41. The topological polar surface area (TPSA) is 29.3 Å². The molecule has 2 fully saturated rings. The molecule has 2 aliphatic rings. The van der Waals surface area contributed by atoms with Crippen LogP contribution in [0.4, 0.5) is 0 Å². The summed E-state index contributed by atoms with van der Waals surface area (Å²) in [5.74, 6) is 0.940. The molecule has 1 aliphatic carbocycles. The number of hydrogen-bond donors (Lipinski definition) is 1. The Balaban J connectivity index is 1.84. The average Bonchev–Trinajstić information content (AvgIpc) is 2.46. The molecule has 0 aromatic heterocycles. The highest BCUT2D eigenvalue weighted by Crippen LogP contribution is 2.26. The Kier molecular flexibility index (Phi) is 3.45. The van der Waals surface area contributed by atoms with Crippen molar-refractivity contribution in [1.82, 2.24) is 4.90 Å². The first-order chi connectivity index (χ1) is 6.75. The van der Waals surface area contributed by atoms with E-state index in [1.165, 1.54) is 51.6 Å². The van der Waals surface area contributed by atoms with Crippen molar-refractivity contribution in [3.8, 4) is 0 Å². The third-order valence-corrected chi connectivity index (χ3v) is 4.01. The third kappa shape index (κ3) is 2.48. The Morgan fingerprint density at radius 3 is 2.64 bits per heavy atom. The van der Waals surface area contributed by atoms with Gasteiger partial charge in [-0.05, 0) is 57.5 Å². The van der Waals surface area contributed by atoms with E-state index in [1.807, 2.05) is 0 Å². The van der Waals surface area contributed by atoms with Crippen LogP contribution in [0, 0.1) is 5.92 Å². The number of nitrogens with two attached hydrogens (primary N) is 1. The molecule has 1 heterocycles.